The van der Waals surface area contributed by atoms with Crippen LogP contribution in [-0.4, -0.2) is 40.0 Å². The molecule has 8 nitrogen and oxygen atoms in total. The normalized spacial score (nSPS) is 18.1. The van der Waals surface area contributed by atoms with E-state index in [0.29, 0.717) is 11.6 Å². The Morgan fingerprint density at radius 2 is 2.23 bits per heavy atom. The fourth-order valence-electron chi connectivity index (χ4n) is 1.96. The van der Waals surface area contributed by atoms with Crippen molar-refractivity contribution in [2.45, 2.75) is 52.3 Å². The lowest BCUT2D eigenvalue weighted by Crippen LogP contribution is -2.48. The highest BCUT2D eigenvalue weighted by molar-refractivity contribution is 5.98. The number of carbonyl (C=O) groups is 2. The zero-order valence-electron chi connectivity index (χ0n) is 13.5. The third kappa shape index (κ3) is 3.69. The third-order valence-corrected chi connectivity index (χ3v) is 2.89. The summed E-state index contributed by atoms with van der Waals surface area (Å²) in [6.45, 7) is 9.19. The summed E-state index contributed by atoms with van der Waals surface area (Å²) in [4.78, 5) is 23.9. The van der Waals surface area contributed by atoms with Crippen LogP contribution in [0.15, 0.2) is 6.20 Å². The Balaban J connectivity index is 2.07. The molecule has 0 spiro atoms. The fourth-order valence-corrected chi connectivity index (χ4v) is 1.96. The smallest absolute Gasteiger partial charge is 0.408 e. The highest BCUT2D eigenvalue weighted by Gasteiger charge is 2.30. The van der Waals surface area contributed by atoms with Gasteiger partial charge in [-0.25, -0.2) is 9.48 Å². The van der Waals surface area contributed by atoms with Gasteiger partial charge in [0.05, 0.1) is 12.2 Å². The van der Waals surface area contributed by atoms with Crippen molar-refractivity contribution in [3.8, 4) is 5.88 Å². The number of nitrogens with zero attached hydrogens (tertiary/aromatic N) is 2. The number of anilines is 1. The molecule has 8 heteroatoms. The Hall–Kier alpha value is -2.25. The van der Waals surface area contributed by atoms with Gasteiger partial charge in [0.2, 0.25) is 5.88 Å². The van der Waals surface area contributed by atoms with Crippen LogP contribution in [-0.2, 0) is 9.53 Å². The highest BCUT2D eigenvalue weighted by Crippen LogP contribution is 2.29. The first-order valence-corrected chi connectivity index (χ1v) is 7.18. The molecule has 2 amide bonds. The average Bonchev–Trinajstić information content (AvgIpc) is 2.68. The highest BCUT2D eigenvalue weighted by atomic mass is 16.6. The summed E-state index contributed by atoms with van der Waals surface area (Å²) in [6, 6.07) is -0.737. The number of aromatic nitrogens is 2. The molecule has 1 atom stereocenters. The molecule has 122 valence electrons. The molecule has 2 heterocycles. The molecule has 1 aliphatic heterocycles. The molecule has 0 bridgehead atoms. The largest absolute Gasteiger partial charge is 0.474 e. The molecular weight excluding hydrogens is 288 g/mol. The van der Waals surface area contributed by atoms with E-state index in [9.17, 15) is 9.59 Å². The molecule has 0 saturated carbocycles. The lowest BCUT2D eigenvalue weighted by Gasteiger charge is -2.22. The van der Waals surface area contributed by atoms with Gasteiger partial charge in [0.1, 0.15) is 23.9 Å². The van der Waals surface area contributed by atoms with E-state index in [0.717, 1.165) is 0 Å². The SMILES string of the molecule is CC(C)n1ncc2c1OC[C@H](NC(=O)OC(C)(C)C)C(=O)N2. The van der Waals surface area contributed by atoms with E-state index in [2.05, 4.69) is 15.7 Å². The summed E-state index contributed by atoms with van der Waals surface area (Å²) in [6.07, 6.45) is 0.871. The predicted molar refractivity (Wildman–Crippen MR) is 79.9 cm³/mol. The first-order valence-electron chi connectivity index (χ1n) is 7.18. The molecule has 0 aliphatic carbocycles. The van der Waals surface area contributed by atoms with Crippen molar-refractivity contribution in [2.24, 2.45) is 0 Å². The summed E-state index contributed by atoms with van der Waals surface area (Å²) in [5.41, 5.74) is -0.139. The second-order valence-corrected chi connectivity index (χ2v) is 6.40. The summed E-state index contributed by atoms with van der Waals surface area (Å²) < 4.78 is 12.5. The van der Waals surface area contributed by atoms with Crippen molar-refractivity contribution in [2.75, 3.05) is 11.9 Å². The Morgan fingerprint density at radius 1 is 1.55 bits per heavy atom. The number of hydrogen-bond acceptors (Lipinski definition) is 5. The van der Waals surface area contributed by atoms with Crippen LogP contribution >= 0.6 is 0 Å². The van der Waals surface area contributed by atoms with Crippen molar-refractivity contribution in [3.63, 3.8) is 0 Å². The van der Waals surface area contributed by atoms with E-state index in [-0.39, 0.29) is 18.6 Å². The molecule has 0 fully saturated rings. The molecular formula is C14H22N4O4. The number of nitrogens with one attached hydrogen (secondary N) is 2. The van der Waals surface area contributed by atoms with E-state index < -0.39 is 17.7 Å². The van der Waals surface area contributed by atoms with Crippen molar-refractivity contribution in [1.29, 1.82) is 0 Å². The van der Waals surface area contributed by atoms with E-state index in [1.165, 1.54) is 6.20 Å². The predicted octanol–water partition coefficient (Wildman–Crippen LogP) is 1.69. The van der Waals surface area contributed by atoms with Crippen LogP contribution in [0.2, 0.25) is 0 Å². The quantitative estimate of drug-likeness (QED) is 0.867. The summed E-state index contributed by atoms with van der Waals surface area (Å²) >= 11 is 0. The van der Waals surface area contributed by atoms with Crippen LogP contribution in [0.1, 0.15) is 40.7 Å². The zero-order chi connectivity index (χ0) is 16.5. The average molecular weight is 310 g/mol. The van der Waals surface area contributed by atoms with Gasteiger partial charge in [0, 0.05) is 0 Å². The molecule has 0 unspecified atom stereocenters. The minimum atomic E-state index is -0.831. The van der Waals surface area contributed by atoms with Gasteiger partial charge in [-0.1, -0.05) is 0 Å². The first kappa shape index (κ1) is 16.1. The molecule has 0 aromatic carbocycles. The van der Waals surface area contributed by atoms with Crippen LogP contribution in [0, 0.1) is 0 Å². The number of rotatable bonds is 2. The Morgan fingerprint density at radius 3 is 2.82 bits per heavy atom. The minimum absolute atomic E-state index is 0.0104. The number of ether oxygens (including phenoxy) is 2. The zero-order valence-corrected chi connectivity index (χ0v) is 13.5. The Labute approximate surface area is 129 Å². The van der Waals surface area contributed by atoms with E-state index >= 15 is 0 Å². The number of alkyl carbamates (subject to hydrolysis) is 1. The van der Waals surface area contributed by atoms with Gasteiger partial charge in [0.25, 0.3) is 5.91 Å². The number of fused-ring (bicyclic) bond motifs is 1. The van der Waals surface area contributed by atoms with Crippen LogP contribution in [0.25, 0.3) is 0 Å². The van der Waals surface area contributed by atoms with Gasteiger partial charge in [-0.2, -0.15) is 5.10 Å². The van der Waals surface area contributed by atoms with E-state index in [1.54, 1.807) is 25.5 Å². The summed E-state index contributed by atoms with van der Waals surface area (Å²) in [7, 11) is 0. The molecule has 1 aromatic rings. The second-order valence-electron chi connectivity index (χ2n) is 6.40. The van der Waals surface area contributed by atoms with Gasteiger partial charge in [0.15, 0.2) is 0 Å². The molecule has 1 aromatic heterocycles. The Bertz CT molecular complexity index is 574. The van der Waals surface area contributed by atoms with Crippen LogP contribution in [0.3, 0.4) is 0 Å². The monoisotopic (exact) mass is 310 g/mol. The Kier molecular flexibility index (Phi) is 4.30. The van der Waals surface area contributed by atoms with Crippen molar-refractivity contribution in [3.05, 3.63) is 6.20 Å². The standard InChI is InChI=1S/C14H22N4O4/c1-8(2)18-12-9(6-15-18)16-11(19)10(7-21-12)17-13(20)22-14(3,4)5/h6,8,10H,7H2,1-5H3,(H,16,19)(H,17,20)/t10-/m0/s1. The van der Waals surface area contributed by atoms with E-state index in [1.807, 2.05) is 13.8 Å². The summed E-state index contributed by atoms with van der Waals surface area (Å²) in [5, 5.41) is 9.38. The minimum Gasteiger partial charge on any atom is -0.474 e. The molecule has 0 saturated heterocycles. The van der Waals surface area contributed by atoms with Gasteiger partial charge < -0.3 is 20.1 Å². The number of hydrogen-bond donors (Lipinski definition) is 2. The second kappa shape index (κ2) is 5.86. The molecule has 1 aliphatic rings. The number of amides is 2. The van der Waals surface area contributed by atoms with Gasteiger partial charge >= 0.3 is 6.09 Å². The van der Waals surface area contributed by atoms with Crippen LogP contribution in [0.4, 0.5) is 10.5 Å². The van der Waals surface area contributed by atoms with Gasteiger partial charge in [-0.15, -0.1) is 0 Å². The topological polar surface area (TPSA) is 94.5 Å². The maximum Gasteiger partial charge on any atom is 0.408 e. The van der Waals surface area contributed by atoms with Crippen molar-refractivity contribution < 1.29 is 19.1 Å². The van der Waals surface area contributed by atoms with Gasteiger partial charge in [-0.3, -0.25) is 4.79 Å². The number of carbonyl (C=O) groups excluding carboxylic acids is 2. The molecule has 22 heavy (non-hydrogen) atoms. The van der Waals surface area contributed by atoms with Gasteiger partial charge in [-0.05, 0) is 34.6 Å². The fraction of sp³-hybridized carbons (Fsp3) is 0.643. The summed E-state index contributed by atoms with van der Waals surface area (Å²) in [5.74, 6) is 0.116. The van der Waals surface area contributed by atoms with E-state index in [4.69, 9.17) is 9.47 Å². The van der Waals surface area contributed by atoms with Crippen LogP contribution in [0.5, 0.6) is 5.88 Å². The van der Waals surface area contributed by atoms with Crippen LogP contribution < -0.4 is 15.4 Å². The molecule has 2 rings (SSSR count). The van der Waals surface area contributed by atoms with Crippen molar-refractivity contribution in [1.82, 2.24) is 15.1 Å². The molecule has 2 N–H and O–H groups in total. The maximum absolute atomic E-state index is 12.2. The molecule has 0 radical (unpaired) electrons. The lowest BCUT2D eigenvalue weighted by atomic mass is 10.2. The first-order chi connectivity index (χ1) is 10.2. The van der Waals surface area contributed by atoms with Crippen molar-refractivity contribution >= 4 is 17.7 Å². The maximum atomic E-state index is 12.2. The third-order valence-electron chi connectivity index (χ3n) is 2.89. The lowest BCUT2D eigenvalue weighted by molar-refractivity contribution is -0.118.